The van der Waals surface area contributed by atoms with Gasteiger partial charge in [-0.2, -0.15) is 0 Å². The van der Waals surface area contributed by atoms with Crippen LogP contribution in [0.5, 0.6) is 0 Å². The van der Waals surface area contributed by atoms with Crippen molar-refractivity contribution in [2.24, 2.45) is 5.73 Å². The molecule has 1 nitrogen and oxygen atoms in total. The molecule has 21 heavy (non-hydrogen) atoms. The van der Waals surface area contributed by atoms with Crippen molar-refractivity contribution in [2.75, 3.05) is 6.54 Å². The lowest BCUT2D eigenvalue weighted by atomic mass is 10.0. The van der Waals surface area contributed by atoms with Crippen LogP contribution in [0.4, 0.5) is 0 Å². The number of benzene rings is 2. The van der Waals surface area contributed by atoms with E-state index in [4.69, 9.17) is 5.73 Å². The van der Waals surface area contributed by atoms with Crippen molar-refractivity contribution in [3.63, 3.8) is 0 Å². The van der Waals surface area contributed by atoms with Gasteiger partial charge in [0.05, 0.1) is 6.54 Å². The van der Waals surface area contributed by atoms with Crippen molar-refractivity contribution in [2.45, 2.75) is 30.4 Å². The van der Waals surface area contributed by atoms with Crippen molar-refractivity contribution >= 4 is 11.8 Å². The molecule has 0 aliphatic carbocycles. The number of hydrogen-bond donors (Lipinski definition) is 1. The van der Waals surface area contributed by atoms with Crippen LogP contribution in [0.25, 0.3) is 0 Å². The van der Waals surface area contributed by atoms with Crippen LogP contribution >= 0.6 is 11.8 Å². The lowest BCUT2D eigenvalue weighted by molar-refractivity contribution is 0.865. The number of thioether (sulfide) groups is 1. The van der Waals surface area contributed by atoms with Crippen molar-refractivity contribution < 1.29 is 0 Å². The Morgan fingerprint density at radius 3 is 2.43 bits per heavy atom. The monoisotopic (exact) mass is 295 g/mol. The fourth-order valence-corrected chi connectivity index (χ4v) is 2.93. The van der Waals surface area contributed by atoms with Gasteiger partial charge in [-0.15, -0.1) is 11.8 Å². The fourth-order valence-electron chi connectivity index (χ4n) is 2.02. The second-order valence-corrected chi connectivity index (χ2v) is 6.22. The molecule has 0 fully saturated rings. The normalized spacial score (nSPS) is 10.3. The predicted octanol–water partition coefficient (Wildman–Crippen LogP) is 4.41. The van der Waals surface area contributed by atoms with E-state index in [9.17, 15) is 0 Å². The summed E-state index contributed by atoms with van der Waals surface area (Å²) < 4.78 is 0. The van der Waals surface area contributed by atoms with E-state index in [0.29, 0.717) is 12.5 Å². The molecular weight excluding hydrogens is 274 g/mol. The topological polar surface area (TPSA) is 26.0 Å². The van der Waals surface area contributed by atoms with Crippen LogP contribution in [0.2, 0.25) is 0 Å². The molecule has 2 N–H and O–H groups in total. The summed E-state index contributed by atoms with van der Waals surface area (Å²) in [4.78, 5) is 1.29. The van der Waals surface area contributed by atoms with Gasteiger partial charge in [-0.05, 0) is 35.2 Å². The fraction of sp³-hybridized carbons (Fsp3) is 0.263. The maximum absolute atomic E-state index is 5.45. The molecular formula is C19H21NS. The molecule has 2 aromatic rings. The van der Waals surface area contributed by atoms with Crippen molar-refractivity contribution in [3.8, 4) is 11.8 Å². The first kappa shape index (κ1) is 15.7. The molecule has 0 unspecified atom stereocenters. The van der Waals surface area contributed by atoms with E-state index < -0.39 is 0 Å². The second kappa shape index (κ2) is 7.93. The molecule has 2 heteroatoms. The molecule has 0 saturated heterocycles. The van der Waals surface area contributed by atoms with Gasteiger partial charge in [0.1, 0.15) is 0 Å². The molecule has 0 bridgehead atoms. The highest BCUT2D eigenvalue weighted by molar-refractivity contribution is 7.98. The van der Waals surface area contributed by atoms with Gasteiger partial charge in [0.25, 0.3) is 0 Å². The molecule has 108 valence electrons. The molecule has 0 amide bonds. The molecule has 0 atom stereocenters. The Kier molecular flexibility index (Phi) is 5.92. The third-order valence-electron chi connectivity index (χ3n) is 3.28. The highest BCUT2D eigenvalue weighted by atomic mass is 32.2. The zero-order valence-electron chi connectivity index (χ0n) is 12.6. The summed E-state index contributed by atoms with van der Waals surface area (Å²) in [5.41, 5.74) is 9.17. The Bertz CT molecular complexity index is 633. The molecule has 0 radical (unpaired) electrons. The van der Waals surface area contributed by atoms with Crippen LogP contribution in [0.15, 0.2) is 53.4 Å². The Morgan fingerprint density at radius 2 is 1.76 bits per heavy atom. The third-order valence-corrected chi connectivity index (χ3v) is 4.34. The SMILES string of the molecule is CC(C)c1ccc(SCc2ccccc2C#CCN)cc1. The summed E-state index contributed by atoms with van der Waals surface area (Å²) in [5, 5.41) is 0. The van der Waals surface area contributed by atoms with Gasteiger partial charge in [-0.25, -0.2) is 0 Å². The molecule has 0 aliphatic heterocycles. The minimum absolute atomic E-state index is 0.401. The van der Waals surface area contributed by atoms with Gasteiger partial charge in [0.15, 0.2) is 0 Å². The molecule has 0 aromatic heterocycles. The summed E-state index contributed by atoms with van der Waals surface area (Å²) >= 11 is 1.84. The van der Waals surface area contributed by atoms with E-state index in [-0.39, 0.29) is 0 Å². The summed E-state index contributed by atoms with van der Waals surface area (Å²) in [7, 11) is 0. The van der Waals surface area contributed by atoms with E-state index in [0.717, 1.165) is 11.3 Å². The summed E-state index contributed by atoms with van der Waals surface area (Å²) in [6.07, 6.45) is 0. The minimum atomic E-state index is 0.401. The van der Waals surface area contributed by atoms with Gasteiger partial charge >= 0.3 is 0 Å². The zero-order chi connectivity index (χ0) is 15.1. The lowest BCUT2D eigenvalue weighted by Gasteiger charge is -2.08. The van der Waals surface area contributed by atoms with Crippen molar-refractivity contribution in [1.29, 1.82) is 0 Å². The summed E-state index contributed by atoms with van der Waals surface area (Å²) in [5.74, 6) is 7.58. The van der Waals surface area contributed by atoms with E-state index in [1.807, 2.05) is 17.8 Å². The van der Waals surface area contributed by atoms with E-state index in [2.05, 4.69) is 68.2 Å². The van der Waals surface area contributed by atoms with Gasteiger partial charge in [-0.1, -0.05) is 56.0 Å². The quantitative estimate of drug-likeness (QED) is 0.668. The lowest BCUT2D eigenvalue weighted by Crippen LogP contribution is -1.94. The van der Waals surface area contributed by atoms with E-state index >= 15 is 0 Å². The molecule has 2 rings (SSSR count). The Morgan fingerprint density at radius 1 is 1.05 bits per heavy atom. The Labute approximate surface area is 132 Å². The van der Waals surface area contributed by atoms with E-state index in [1.165, 1.54) is 16.0 Å². The van der Waals surface area contributed by atoms with Crippen LogP contribution in [0, 0.1) is 11.8 Å². The minimum Gasteiger partial charge on any atom is -0.320 e. The van der Waals surface area contributed by atoms with Gasteiger partial charge in [0, 0.05) is 16.2 Å². The summed E-state index contributed by atoms with van der Waals surface area (Å²) in [6.45, 7) is 4.83. The standard InChI is InChI=1S/C19H21NS/c1-15(2)16-9-11-19(12-10-16)21-14-18-7-4-3-6-17(18)8-5-13-20/h3-4,6-7,9-12,15H,13-14,20H2,1-2H3. The third kappa shape index (κ3) is 4.67. The maximum atomic E-state index is 5.45. The van der Waals surface area contributed by atoms with Crippen molar-refractivity contribution in [3.05, 3.63) is 65.2 Å². The predicted molar refractivity (Wildman–Crippen MR) is 92.5 cm³/mol. The van der Waals surface area contributed by atoms with E-state index in [1.54, 1.807) is 0 Å². The molecule has 0 saturated carbocycles. The first-order valence-corrected chi connectivity index (χ1v) is 8.19. The highest BCUT2D eigenvalue weighted by Gasteiger charge is 2.02. The van der Waals surface area contributed by atoms with Crippen LogP contribution < -0.4 is 5.73 Å². The highest BCUT2D eigenvalue weighted by Crippen LogP contribution is 2.26. The van der Waals surface area contributed by atoms with Crippen LogP contribution in [0.1, 0.15) is 36.5 Å². The van der Waals surface area contributed by atoms with Gasteiger partial charge in [-0.3, -0.25) is 0 Å². The Hall–Kier alpha value is -1.69. The molecule has 0 aliphatic rings. The van der Waals surface area contributed by atoms with Crippen LogP contribution in [-0.4, -0.2) is 6.54 Å². The van der Waals surface area contributed by atoms with Crippen LogP contribution in [0.3, 0.4) is 0 Å². The van der Waals surface area contributed by atoms with Crippen LogP contribution in [-0.2, 0) is 5.75 Å². The average molecular weight is 295 g/mol. The first-order chi connectivity index (χ1) is 10.2. The second-order valence-electron chi connectivity index (χ2n) is 5.18. The molecule has 0 heterocycles. The van der Waals surface area contributed by atoms with Gasteiger partial charge in [0.2, 0.25) is 0 Å². The first-order valence-electron chi connectivity index (χ1n) is 7.20. The maximum Gasteiger partial charge on any atom is 0.0555 e. The average Bonchev–Trinajstić information content (AvgIpc) is 2.52. The Balaban J connectivity index is 2.06. The molecule has 2 aromatic carbocycles. The van der Waals surface area contributed by atoms with Crippen molar-refractivity contribution in [1.82, 2.24) is 0 Å². The summed E-state index contributed by atoms with van der Waals surface area (Å²) in [6, 6.07) is 17.1. The number of nitrogens with two attached hydrogens (primary N) is 1. The molecule has 0 spiro atoms. The van der Waals surface area contributed by atoms with Gasteiger partial charge < -0.3 is 5.73 Å². The largest absolute Gasteiger partial charge is 0.320 e. The number of rotatable bonds is 4. The number of hydrogen-bond acceptors (Lipinski definition) is 2. The smallest absolute Gasteiger partial charge is 0.0555 e. The zero-order valence-corrected chi connectivity index (χ0v) is 13.4.